The van der Waals surface area contributed by atoms with Crippen molar-refractivity contribution in [3.63, 3.8) is 0 Å². The summed E-state index contributed by atoms with van der Waals surface area (Å²) >= 11 is 0. The van der Waals surface area contributed by atoms with Gasteiger partial charge >= 0.3 is 17.9 Å². The number of carbonyl (C=O) groups excluding carboxylic acids is 3. The van der Waals surface area contributed by atoms with E-state index in [2.05, 4.69) is 69.4 Å². The average Bonchev–Trinajstić information content (AvgIpc) is 3.17. The van der Waals surface area contributed by atoms with Gasteiger partial charge in [0.25, 0.3) is 0 Å². The fourth-order valence-electron chi connectivity index (χ4n) is 6.06. The Kier molecular flexibility index (Phi) is 41.0. The molecule has 0 aliphatic rings. The van der Waals surface area contributed by atoms with Crippen molar-refractivity contribution in [2.45, 2.75) is 226 Å². The number of hydrogen-bond donors (Lipinski definition) is 0. The van der Waals surface area contributed by atoms with Gasteiger partial charge in [-0.05, 0) is 83.5 Å². The fraction of sp³-hybridized carbons (Fsp3) is 0.771. The lowest BCUT2D eigenvalue weighted by Crippen LogP contribution is -2.30. The molecule has 0 saturated carbocycles. The molecule has 1 atom stereocenters. The van der Waals surface area contributed by atoms with Crippen LogP contribution in [0.4, 0.5) is 0 Å². The zero-order chi connectivity index (χ0) is 39.4. The largest absolute Gasteiger partial charge is 0.462 e. The first-order valence-electron chi connectivity index (χ1n) is 22.7. The van der Waals surface area contributed by atoms with E-state index in [1.807, 2.05) is 0 Å². The molecule has 1 unspecified atom stereocenters. The van der Waals surface area contributed by atoms with E-state index in [1.54, 1.807) is 0 Å². The van der Waals surface area contributed by atoms with Crippen molar-refractivity contribution in [3.05, 3.63) is 48.6 Å². The van der Waals surface area contributed by atoms with E-state index >= 15 is 0 Å². The third kappa shape index (κ3) is 40.6. The third-order valence-corrected chi connectivity index (χ3v) is 9.55. The first-order valence-corrected chi connectivity index (χ1v) is 22.7. The predicted octanol–water partition coefficient (Wildman–Crippen LogP) is 14.4. The Hall–Kier alpha value is -2.63. The Morgan fingerprint density at radius 1 is 0.370 bits per heavy atom. The summed E-state index contributed by atoms with van der Waals surface area (Å²) in [6, 6.07) is 0. The van der Waals surface area contributed by atoms with Crippen LogP contribution in [0.3, 0.4) is 0 Å². The standard InChI is InChI=1S/C48H84O6/c1-4-7-10-13-16-19-21-22-23-24-25-27-29-32-35-38-41-47(50)53-44-45(43-52-46(49)40-37-34-31-28-18-15-12-9-6-3)54-48(51)42-39-36-33-30-26-20-17-14-11-8-5-2/h14,17,20,23-24,26,28,31,45H,4-13,15-16,18-19,21-22,25,27,29-30,32-44H2,1-3H3/b17-14-,24-23-,26-20-,31-28-. The second-order valence-corrected chi connectivity index (χ2v) is 15.0. The van der Waals surface area contributed by atoms with E-state index in [9.17, 15) is 14.4 Å². The summed E-state index contributed by atoms with van der Waals surface area (Å²) in [7, 11) is 0. The van der Waals surface area contributed by atoms with Crippen LogP contribution >= 0.6 is 0 Å². The maximum absolute atomic E-state index is 12.7. The number of allylic oxidation sites excluding steroid dienone is 8. The molecular weight excluding hydrogens is 673 g/mol. The topological polar surface area (TPSA) is 78.9 Å². The summed E-state index contributed by atoms with van der Waals surface area (Å²) < 4.78 is 16.6. The van der Waals surface area contributed by atoms with Crippen LogP contribution in [0.2, 0.25) is 0 Å². The fourth-order valence-corrected chi connectivity index (χ4v) is 6.06. The van der Waals surface area contributed by atoms with Gasteiger partial charge in [0, 0.05) is 19.3 Å². The Labute approximate surface area is 333 Å². The second kappa shape index (κ2) is 43.1. The van der Waals surface area contributed by atoms with Gasteiger partial charge in [-0.1, -0.05) is 166 Å². The van der Waals surface area contributed by atoms with Crippen LogP contribution in [0, 0.1) is 0 Å². The van der Waals surface area contributed by atoms with Crippen LogP contribution in [0.5, 0.6) is 0 Å². The minimum Gasteiger partial charge on any atom is -0.462 e. The Morgan fingerprint density at radius 3 is 1.20 bits per heavy atom. The number of ether oxygens (including phenoxy) is 3. The molecule has 0 aromatic rings. The van der Waals surface area contributed by atoms with Crippen molar-refractivity contribution < 1.29 is 28.6 Å². The van der Waals surface area contributed by atoms with Crippen molar-refractivity contribution >= 4 is 17.9 Å². The predicted molar refractivity (Wildman–Crippen MR) is 229 cm³/mol. The first kappa shape index (κ1) is 51.4. The maximum atomic E-state index is 12.7. The zero-order valence-corrected chi connectivity index (χ0v) is 35.5. The molecule has 0 heterocycles. The highest BCUT2D eigenvalue weighted by Crippen LogP contribution is 2.13. The highest BCUT2D eigenvalue weighted by molar-refractivity contribution is 5.71. The van der Waals surface area contributed by atoms with Gasteiger partial charge in [0.2, 0.25) is 0 Å². The smallest absolute Gasteiger partial charge is 0.306 e. The summed E-state index contributed by atoms with van der Waals surface area (Å²) in [6.07, 6.45) is 49.6. The Morgan fingerprint density at radius 2 is 0.704 bits per heavy atom. The monoisotopic (exact) mass is 757 g/mol. The van der Waals surface area contributed by atoms with E-state index < -0.39 is 6.10 Å². The average molecular weight is 757 g/mol. The lowest BCUT2D eigenvalue weighted by molar-refractivity contribution is -0.167. The van der Waals surface area contributed by atoms with Gasteiger partial charge in [-0.15, -0.1) is 0 Å². The van der Waals surface area contributed by atoms with Crippen molar-refractivity contribution in [3.8, 4) is 0 Å². The molecule has 0 radical (unpaired) electrons. The molecule has 0 aliphatic heterocycles. The molecule has 0 aromatic carbocycles. The molecule has 0 rings (SSSR count). The van der Waals surface area contributed by atoms with Crippen LogP contribution in [-0.2, 0) is 28.6 Å². The molecule has 6 heteroatoms. The number of esters is 3. The van der Waals surface area contributed by atoms with Crippen molar-refractivity contribution in [2.75, 3.05) is 13.2 Å². The summed E-state index contributed by atoms with van der Waals surface area (Å²) in [4.78, 5) is 37.6. The molecular formula is C48H84O6. The Balaban J connectivity index is 4.39. The van der Waals surface area contributed by atoms with Crippen LogP contribution in [0.1, 0.15) is 220 Å². The van der Waals surface area contributed by atoms with Crippen LogP contribution in [0.15, 0.2) is 48.6 Å². The maximum Gasteiger partial charge on any atom is 0.306 e. The summed E-state index contributed by atoms with van der Waals surface area (Å²) in [5.41, 5.74) is 0. The van der Waals surface area contributed by atoms with E-state index in [4.69, 9.17) is 14.2 Å². The number of hydrogen-bond acceptors (Lipinski definition) is 6. The van der Waals surface area contributed by atoms with Gasteiger partial charge in [-0.3, -0.25) is 14.4 Å². The van der Waals surface area contributed by atoms with Crippen molar-refractivity contribution in [1.82, 2.24) is 0 Å². The molecule has 0 aliphatic carbocycles. The number of rotatable bonds is 40. The van der Waals surface area contributed by atoms with E-state index in [0.29, 0.717) is 25.7 Å². The lowest BCUT2D eigenvalue weighted by Gasteiger charge is -2.18. The van der Waals surface area contributed by atoms with E-state index in [1.165, 1.54) is 103 Å². The SMILES string of the molecule is CCCC/C=C\C=C/CCCCCC(=O)OC(COC(=O)CCC/C=C\CCCCCC)COC(=O)CCCCCCC/C=C\CCCCCCCCC. The molecule has 312 valence electrons. The highest BCUT2D eigenvalue weighted by atomic mass is 16.6. The van der Waals surface area contributed by atoms with Crippen molar-refractivity contribution in [1.29, 1.82) is 0 Å². The molecule has 0 fully saturated rings. The van der Waals surface area contributed by atoms with Crippen LogP contribution < -0.4 is 0 Å². The lowest BCUT2D eigenvalue weighted by atomic mass is 10.1. The summed E-state index contributed by atoms with van der Waals surface area (Å²) in [5, 5.41) is 0. The van der Waals surface area contributed by atoms with Gasteiger partial charge in [-0.25, -0.2) is 0 Å². The van der Waals surface area contributed by atoms with Gasteiger partial charge in [0.05, 0.1) is 0 Å². The van der Waals surface area contributed by atoms with Gasteiger partial charge in [-0.2, -0.15) is 0 Å². The van der Waals surface area contributed by atoms with Crippen molar-refractivity contribution in [2.24, 2.45) is 0 Å². The van der Waals surface area contributed by atoms with Crippen LogP contribution in [0.25, 0.3) is 0 Å². The minimum absolute atomic E-state index is 0.0968. The van der Waals surface area contributed by atoms with Gasteiger partial charge in [0.1, 0.15) is 13.2 Å². The highest BCUT2D eigenvalue weighted by Gasteiger charge is 2.19. The molecule has 0 amide bonds. The van der Waals surface area contributed by atoms with Gasteiger partial charge in [0.15, 0.2) is 6.10 Å². The quantitative estimate of drug-likeness (QED) is 0.0204. The molecule has 0 spiro atoms. The molecule has 0 bridgehead atoms. The molecule has 0 N–H and O–H groups in total. The number of unbranched alkanes of at least 4 members (excludes halogenated alkanes) is 22. The third-order valence-electron chi connectivity index (χ3n) is 9.55. The molecule has 0 aromatic heterocycles. The molecule has 0 saturated heterocycles. The summed E-state index contributed by atoms with van der Waals surface area (Å²) in [6.45, 7) is 6.48. The summed E-state index contributed by atoms with van der Waals surface area (Å²) in [5.74, 6) is -0.973. The molecule has 6 nitrogen and oxygen atoms in total. The number of carbonyl (C=O) groups is 3. The first-order chi connectivity index (χ1) is 26.5. The normalized spacial score (nSPS) is 12.4. The second-order valence-electron chi connectivity index (χ2n) is 15.0. The zero-order valence-electron chi connectivity index (χ0n) is 35.5. The molecule has 54 heavy (non-hydrogen) atoms. The minimum atomic E-state index is -0.797. The van der Waals surface area contributed by atoms with Crippen LogP contribution in [-0.4, -0.2) is 37.2 Å². The Bertz CT molecular complexity index is 964. The van der Waals surface area contributed by atoms with Gasteiger partial charge < -0.3 is 14.2 Å². The van der Waals surface area contributed by atoms with E-state index in [0.717, 1.165) is 70.6 Å². The van der Waals surface area contributed by atoms with E-state index in [-0.39, 0.29) is 31.1 Å².